The van der Waals surface area contributed by atoms with Gasteiger partial charge in [-0.3, -0.25) is 9.69 Å². The Balaban J connectivity index is 1.28. The number of hydrogen-bond donors (Lipinski definition) is 0. The van der Waals surface area contributed by atoms with Crippen LogP contribution in [0.2, 0.25) is 0 Å². The lowest BCUT2D eigenvalue weighted by Crippen LogP contribution is -2.30. The second-order valence-corrected chi connectivity index (χ2v) is 11.3. The Morgan fingerprint density at radius 1 is 1.09 bits per heavy atom. The van der Waals surface area contributed by atoms with E-state index in [0.717, 1.165) is 17.3 Å². The summed E-state index contributed by atoms with van der Waals surface area (Å²) in [4.78, 5) is 39.1. The van der Waals surface area contributed by atoms with Crippen molar-refractivity contribution in [3.05, 3.63) is 84.2 Å². The third-order valence-electron chi connectivity index (χ3n) is 6.88. The van der Waals surface area contributed by atoms with Crippen LogP contribution in [0.15, 0.2) is 83.0 Å². The summed E-state index contributed by atoms with van der Waals surface area (Å²) in [5.41, 5.74) is 3.09. The van der Waals surface area contributed by atoms with Gasteiger partial charge in [0.2, 0.25) is 5.91 Å². The number of thioether (sulfide) groups is 1. The molecule has 0 spiro atoms. The minimum absolute atomic E-state index is 0.0604. The number of nitrogens with zero attached hydrogens (tertiary/aromatic N) is 7. The molecular formula is C32H26F3N7O4S. The van der Waals surface area contributed by atoms with Crippen LogP contribution in [-0.2, 0) is 4.79 Å². The number of aromatic nitrogens is 3. The first-order chi connectivity index (χ1) is 22.5. The Bertz CT molecular complexity index is 1880. The molecule has 4 aromatic rings. The fourth-order valence-corrected chi connectivity index (χ4v) is 5.46. The van der Waals surface area contributed by atoms with E-state index in [2.05, 4.69) is 30.9 Å². The van der Waals surface area contributed by atoms with Crippen LogP contribution in [0.5, 0.6) is 11.5 Å². The largest absolute Gasteiger partial charge is 0.573 e. The molecule has 1 aromatic heterocycles. The number of halogens is 3. The first-order valence-corrected chi connectivity index (χ1v) is 15.0. The van der Waals surface area contributed by atoms with Crippen molar-refractivity contribution in [3.63, 3.8) is 0 Å². The number of urea groups is 1. The van der Waals surface area contributed by atoms with Gasteiger partial charge in [-0.1, -0.05) is 49.9 Å². The molecule has 1 atom stereocenters. The quantitative estimate of drug-likeness (QED) is 0.186. The molecule has 2 heterocycles. The minimum atomic E-state index is -4.79. The predicted octanol–water partition coefficient (Wildman–Crippen LogP) is 6.90. The van der Waals surface area contributed by atoms with Gasteiger partial charge in [-0.15, -0.1) is 18.3 Å². The lowest BCUT2D eigenvalue weighted by Gasteiger charge is -2.22. The monoisotopic (exact) mass is 661 g/mol. The van der Waals surface area contributed by atoms with Crippen molar-refractivity contribution in [3.8, 4) is 34.6 Å². The lowest BCUT2D eigenvalue weighted by atomic mass is 10.00. The molecule has 1 unspecified atom stereocenters. The third-order valence-corrected chi connectivity index (χ3v) is 7.81. The Labute approximate surface area is 271 Å². The van der Waals surface area contributed by atoms with E-state index in [1.165, 1.54) is 46.4 Å². The van der Waals surface area contributed by atoms with E-state index in [1.54, 1.807) is 43.5 Å². The van der Waals surface area contributed by atoms with Crippen molar-refractivity contribution in [2.24, 2.45) is 9.98 Å². The SMILES string of the molecule is COc1ccc(N2C(=O)CSC2=NC(=O)N=CC(C#N)c2ccc(-c3ncn(-c4ccc(OC(F)(F)F)cc4)n3)cc2)c(C(C)C)c1. The highest BCUT2D eigenvalue weighted by Gasteiger charge is 2.33. The Morgan fingerprint density at radius 2 is 1.79 bits per heavy atom. The molecule has 11 nitrogen and oxygen atoms in total. The van der Waals surface area contributed by atoms with Gasteiger partial charge in [0.15, 0.2) is 11.0 Å². The number of carbonyl (C=O) groups is 2. The van der Waals surface area contributed by atoms with Crippen molar-refractivity contribution in [2.75, 3.05) is 17.8 Å². The minimum Gasteiger partial charge on any atom is -0.497 e. The van der Waals surface area contributed by atoms with E-state index < -0.39 is 18.3 Å². The molecule has 15 heteroatoms. The van der Waals surface area contributed by atoms with Gasteiger partial charge in [0.1, 0.15) is 23.7 Å². The van der Waals surface area contributed by atoms with Crippen LogP contribution in [-0.4, -0.2) is 57.3 Å². The zero-order valence-corrected chi connectivity index (χ0v) is 26.0. The number of aliphatic imine (C=N–C) groups is 2. The average Bonchev–Trinajstić information content (AvgIpc) is 3.68. The standard InChI is InChI=1S/C32H26F3N7O4S/c1-19(2)26-14-25(45-3)12-13-27(26)42-28(43)17-47-31(42)39-30(44)37-16-22(15-36)20-4-6-21(7-5-20)29-38-18-41(40-29)23-8-10-24(11-9-23)46-32(33,34)35/h4-14,16,18-19,22H,17H2,1-3H3. The highest BCUT2D eigenvalue weighted by Crippen LogP contribution is 2.36. The van der Waals surface area contributed by atoms with Gasteiger partial charge < -0.3 is 9.47 Å². The van der Waals surface area contributed by atoms with Crippen molar-refractivity contribution in [1.82, 2.24) is 14.8 Å². The van der Waals surface area contributed by atoms with E-state index in [-0.39, 0.29) is 28.5 Å². The molecule has 1 aliphatic heterocycles. The van der Waals surface area contributed by atoms with E-state index in [9.17, 15) is 28.0 Å². The maximum absolute atomic E-state index is 12.8. The second-order valence-electron chi connectivity index (χ2n) is 10.3. The highest BCUT2D eigenvalue weighted by atomic mass is 32.2. The summed E-state index contributed by atoms with van der Waals surface area (Å²) < 4.78 is 47.9. The lowest BCUT2D eigenvalue weighted by molar-refractivity contribution is -0.274. The molecule has 0 N–H and O–H groups in total. The van der Waals surface area contributed by atoms with E-state index in [1.807, 2.05) is 19.9 Å². The number of benzene rings is 3. The topological polar surface area (TPSA) is 135 Å². The molecule has 1 fully saturated rings. The zero-order valence-electron chi connectivity index (χ0n) is 25.2. The Kier molecular flexibility index (Phi) is 9.71. The highest BCUT2D eigenvalue weighted by molar-refractivity contribution is 8.15. The van der Waals surface area contributed by atoms with Gasteiger partial charge in [-0.25, -0.2) is 19.5 Å². The number of anilines is 1. The van der Waals surface area contributed by atoms with Gasteiger partial charge in [0.05, 0.1) is 30.3 Å². The third kappa shape index (κ3) is 7.85. The summed E-state index contributed by atoms with van der Waals surface area (Å²) in [5, 5.41) is 14.3. The number of hydrogen-bond acceptors (Lipinski definition) is 8. The molecule has 1 saturated heterocycles. The number of ether oxygens (including phenoxy) is 2. The second kappa shape index (κ2) is 13.9. The van der Waals surface area contributed by atoms with Crippen LogP contribution < -0.4 is 14.4 Å². The molecule has 0 saturated carbocycles. The number of nitriles is 1. The number of carbonyl (C=O) groups excluding carboxylic acids is 2. The van der Waals surface area contributed by atoms with E-state index in [4.69, 9.17) is 4.74 Å². The predicted molar refractivity (Wildman–Crippen MR) is 170 cm³/mol. The van der Waals surface area contributed by atoms with Crippen LogP contribution in [0, 0.1) is 11.3 Å². The Morgan fingerprint density at radius 3 is 2.43 bits per heavy atom. The van der Waals surface area contributed by atoms with Crippen LogP contribution in [0.4, 0.5) is 23.7 Å². The fraction of sp³-hybridized carbons (Fsp3) is 0.219. The first kappa shape index (κ1) is 32.9. The van der Waals surface area contributed by atoms with Crippen molar-refractivity contribution >= 4 is 40.8 Å². The molecule has 3 amide bonds. The molecule has 47 heavy (non-hydrogen) atoms. The first-order valence-electron chi connectivity index (χ1n) is 14.0. The number of amidine groups is 1. The summed E-state index contributed by atoms with van der Waals surface area (Å²) in [5.74, 6) is -0.298. The molecule has 5 rings (SSSR count). The van der Waals surface area contributed by atoms with Crippen LogP contribution in [0.1, 0.15) is 36.8 Å². The summed E-state index contributed by atoms with van der Waals surface area (Å²) in [6, 6.07) is 18.4. The molecule has 0 radical (unpaired) electrons. The van der Waals surface area contributed by atoms with Crippen LogP contribution in [0.3, 0.4) is 0 Å². The molecule has 0 aliphatic carbocycles. The van der Waals surface area contributed by atoms with Gasteiger partial charge in [-0.2, -0.15) is 10.3 Å². The smallest absolute Gasteiger partial charge is 0.497 e. The number of amides is 3. The van der Waals surface area contributed by atoms with Crippen LogP contribution in [0.25, 0.3) is 17.1 Å². The van der Waals surface area contributed by atoms with Crippen molar-refractivity contribution in [2.45, 2.75) is 32.0 Å². The summed E-state index contributed by atoms with van der Waals surface area (Å²) in [6.45, 7) is 3.97. The molecule has 1 aliphatic rings. The van der Waals surface area contributed by atoms with Crippen LogP contribution >= 0.6 is 11.8 Å². The molecular weight excluding hydrogens is 635 g/mol. The van der Waals surface area contributed by atoms with Crippen molar-refractivity contribution < 1.29 is 32.2 Å². The molecule has 240 valence electrons. The maximum atomic E-state index is 12.8. The summed E-state index contributed by atoms with van der Waals surface area (Å²) in [6.07, 6.45) is -2.18. The fourth-order valence-electron chi connectivity index (χ4n) is 4.61. The maximum Gasteiger partial charge on any atom is 0.573 e. The summed E-state index contributed by atoms with van der Waals surface area (Å²) >= 11 is 1.13. The Hall–Kier alpha value is -5.49. The van der Waals surface area contributed by atoms with Crippen molar-refractivity contribution in [1.29, 1.82) is 5.26 Å². The van der Waals surface area contributed by atoms with Gasteiger partial charge in [0, 0.05) is 11.8 Å². The van der Waals surface area contributed by atoms with Gasteiger partial charge >= 0.3 is 12.4 Å². The normalized spacial score (nSPS) is 15.0. The number of alkyl halides is 3. The number of methoxy groups -OCH3 is 1. The van der Waals surface area contributed by atoms with Gasteiger partial charge in [0.25, 0.3) is 0 Å². The number of rotatable bonds is 8. The molecule has 0 bridgehead atoms. The molecule has 3 aromatic carbocycles. The average molecular weight is 662 g/mol. The van der Waals surface area contributed by atoms with E-state index >= 15 is 0 Å². The zero-order chi connectivity index (χ0) is 33.7. The summed E-state index contributed by atoms with van der Waals surface area (Å²) in [7, 11) is 1.56. The van der Waals surface area contributed by atoms with E-state index in [0.29, 0.717) is 34.1 Å². The van der Waals surface area contributed by atoms with Gasteiger partial charge in [-0.05, 0) is 59.5 Å².